The molecule has 1 nitrogen and oxygen atoms in total. The van der Waals surface area contributed by atoms with Crippen LogP contribution in [0.3, 0.4) is 0 Å². The number of benzene rings is 1. The van der Waals surface area contributed by atoms with E-state index in [4.69, 9.17) is 5.73 Å². The molecule has 0 heterocycles. The predicted molar refractivity (Wildman–Crippen MR) is 57.6 cm³/mol. The van der Waals surface area contributed by atoms with E-state index in [-0.39, 0.29) is 11.9 Å². The monoisotopic (exact) mass is 195 g/mol. The molecule has 78 valence electrons. The van der Waals surface area contributed by atoms with E-state index < -0.39 is 0 Å². The van der Waals surface area contributed by atoms with Gasteiger partial charge in [0, 0.05) is 6.04 Å². The van der Waals surface area contributed by atoms with Crippen LogP contribution in [-0.4, -0.2) is 6.04 Å². The fraction of sp³-hybridized carbons (Fsp3) is 0.500. The molecule has 1 unspecified atom stereocenters. The number of halogens is 1. The molecular weight excluding hydrogens is 177 g/mol. The predicted octanol–water partition coefficient (Wildman–Crippen LogP) is 2.89. The average molecular weight is 195 g/mol. The van der Waals surface area contributed by atoms with Crippen LogP contribution in [0.25, 0.3) is 0 Å². The van der Waals surface area contributed by atoms with Crippen LogP contribution in [0.2, 0.25) is 0 Å². The first-order valence-electron chi connectivity index (χ1n) is 5.22. The van der Waals surface area contributed by atoms with Gasteiger partial charge in [0.15, 0.2) is 0 Å². The van der Waals surface area contributed by atoms with Crippen molar-refractivity contribution in [2.45, 2.75) is 38.6 Å². The summed E-state index contributed by atoms with van der Waals surface area (Å²) < 4.78 is 12.6. The Morgan fingerprint density at radius 1 is 1.21 bits per heavy atom. The lowest BCUT2D eigenvalue weighted by atomic mass is 10.0. The fourth-order valence-corrected chi connectivity index (χ4v) is 1.52. The van der Waals surface area contributed by atoms with Gasteiger partial charge in [0.05, 0.1) is 0 Å². The summed E-state index contributed by atoms with van der Waals surface area (Å²) >= 11 is 0. The first kappa shape index (κ1) is 11.2. The molecule has 0 radical (unpaired) electrons. The van der Waals surface area contributed by atoms with Crippen LogP contribution in [0, 0.1) is 5.82 Å². The smallest absolute Gasteiger partial charge is 0.123 e. The molecule has 0 amide bonds. The first-order chi connectivity index (χ1) is 6.72. The van der Waals surface area contributed by atoms with Crippen molar-refractivity contribution in [2.24, 2.45) is 5.73 Å². The second kappa shape index (κ2) is 5.76. The zero-order chi connectivity index (χ0) is 10.4. The molecule has 2 heteroatoms. The average Bonchev–Trinajstić information content (AvgIpc) is 2.17. The molecule has 0 aliphatic carbocycles. The molecule has 0 bridgehead atoms. The van der Waals surface area contributed by atoms with Crippen molar-refractivity contribution in [1.29, 1.82) is 0 Å². The van der Waals surface area contributed by atoms with Gasteiger partial charge in [-0.25, -0.2) is 4.39 Å². The summed E-state index contributed by atoms with van der Waals surface area (Å²) in [5.74, 6) is -0.174. The Bertz CT molecular complexity index is 256. The maximum atomic E-state index is 12.6. The molecule has 0 fully saturated rings. The normalized spacial score (nSPS) is 12.8. The van der Waals surface area contributed by atoms with Crippen LogP contribution in [0.5, 0.6) is 0 Å². The summed E-state index contributed by atoms with van der Waals surface area (Å²) in [6, 6.07) is 6.94. The quantitative estimate of drug-likeness (QED) is 0.768. The van der Waals surface area contributed by atoms with Gasteiger partial charge in [-0.1, -0.05) is 25.5 Å². The van der Waals surface area contributed by atoms with Crippen molar-refractivity contribution in [3.05, 3.63) is 35.6 Å². The van der Waals surface area contributed by atoms with Crippen LogP contribution in [0.15, 0.2) is 24.3 Å². The molecule has 14 heavy (non-hydrogen) atoms. The van der Waals surface area contributed by atoms with Gasteiger partial charge in [0.1, 0.15) is 5.82 Å². The Labute approximate surface area is 85.1 Å². The second-order valence-corrected chi connectivity index (χ2v) is 3.71. The molecule has 0 aromatic heterocycles. The molecule has 0 saturated heterocycles. The SMILES string of the molecule is CCCC(N)CCc1ccc(F)cc1. The number of rotatable bonds is 5. The van der Waals surface area contributed by atoms with Gasteiger partial charge in [-0.05, 0) is 37.0 Å². The lowest BCUT2D eigenvalue weighted by Crippen LogP contribution is -2.20. The molecule has 0 saturated carbocycles. The van der Waals surface area contributed by atoms with E-state index >= 15 is 0 Å². The third kappa shape index (κ3) is 3.88. The van der Waals surface area contributed by atoms with E-state index in [2.05, 4.69) is 6.92 Å². The van der Waals surface area contributed by atoms with Gasteiger partial charge in [0.25, 0.3) is 0 Å². The molecule has 1 rings (SSSR count). The Kier molecular flexibility index (Phi) is 4.60. The van der Waals surface area contributed by atoms with Crippen molar-refractivity contribution < 1.29 is 4.39 Å². The Hall–Kier alpha value is -0.890. The first-order valence-corrected chi connectivity index (χ1v) is 5.22. The van der Waals surface area contributed by atoms with E-state index in [1.807, 2.05) is 12.1 Å². The van der Waals surface area contributed by atoms with Crippen LogP contribution >= 0.6 is 0 Å². The van der Waals surface area contributed by atoms with Crippen LogP contribution < -0.4 is 5.73 Å². The lowest BCUT2D eigenvalue weighted by molar-refractivity contribution is 0.560. The highest BCUT2D eigenvalue weighted by Crippen LogP contribution is 2.08. The van der Waals surface area contributed by atoms with Gasteiger partial charge >= 0.3 is 0 Å². The fourth-order valence-electron chi connectivity index (χ4n) is 1.52. The molecule has 1 aromatic carbocycles. The highest BCUT2D eigenvalue weighted by atomic mass is 19.1. The number of hydrogen-bond acceptors (Lipinski definition) is 1. The number of nitrogens with two attached hydrogens (primary N) is 1. The zero-order valence-electron chi connectivity index (χ0n) is 8.67. The Morgan fingerprint density at radius 3 is 2.43 bits per heavy atom. The van der Waals surface area contributed by atoms with Gasteiger partial charge in [0.2, 0.25) is 0 Å². The second-order valence-electron chi connectivity index (χ2n) is 3.71. The topological polar surface area (TPSA) is 26.0 Å². The summed E-state index contributed by atoms with van der Waals surface area (Å²) in [5.41, 5.74) is 7.05. The highest BCUT2D eigenvalue weighted by Gasteiger charge is 2.01. The third-order valence-corrected chi connectivity index (χ3v) is 2.38. The summed E-state index contributed by atoms with van der Waals surface area (Å²) in [7, 11) is 0. The third-order valence-electron chi connectivity index (χ3n) is 2.38. The molecule has 2 N–H and O–H groups in total. The minimum atomic E-state index is -0.174. The Morgan fingerprint density at radius 2 is 1.86 bits per heavy atom. The molecule has 0 aliphatic heterocycles. The number of hydrogen-bond donors (Lipinski definition) is 1. The van der Waals surface area contributed by atoms with E-state index in [0.717, 1.165) is 31.2 Å². The Balaban J connectivity index is 2.34. The van der Waals surface area contributed by atoms with Gasteiger partial charge in [-0.15, -0.1) is 0 Å². The highest BCUT2D eigenvalue weighted by molar-refractivity contribution is 5.16. The van der Waals surface area contributed by atoms with Crippen LogP contribution in [0.4, 0.5) is 4.39 Å². The molecule has 1 aromatic rings. The zero-order valence-corrected chi connectivity index (χ0v) is 8.67. The maximum Gasteiger partial charge on any atom is 0.123 e. The van der Waals surface area contributed by atoms with Crippen LogP contribution in [0.1, 0.15) is 31.7 Å². The largest absolute Gasteiger partial charge is 0.328 e. The van der Waals surface area contributed by atoms with Gasteiger partial charge < -0.3 is 5.73 Å². The minimum Gasteiger partial charge on any atom is -0.328 e. The van der Waals surface area contributed by atoms with E-state index in [1.54, 1.807) is 0 Å². The van der Waals surface area contributed by atoms with Crippen LogP contribution in [-0.2, 0) is 6.42 Å². The number of aryl methyl sites for hydroxylation is 1. The van der Waals surface area contributed by atoms with Crippen molar-refractivity contribution >= 4 is 0 Å². The summed E-state index contributed by atoms with van der Waals surface area (Å²) in [6.45, 7) is 2.14. The maximum absolute atomic E-state index is 12.6. The van der Waals surface area contributed by atoms with Crippen molar-refractivity contribution in [3.8, 4) is 0 Å². The summed E-state index contributed by atoms with van der Waals surface area (Å²) in [4.78, 5) is 0. The van der Waals surface area contributed by atoms with Gasteiger partial charge in [-0.3, -0.25) is 0 Å². The lowest BCUT2D eigenvalue weighted by Gasteiger charge is -2.09. The van der Waals surface area contributed by atoms with Crippen molar-refractivity contribution in [1.82, 2.24) is 0 Å². The molecule has 0 aliphatic rings. The minimum absolute atomic E-state index is 0.174. The molecule has 0 spiro atoms. The van der Waals surface area contributed by atoms with E-state index in [9.17, 15) is 4.39 Å². The summed E-state index contributed by atoms with van der Waals surface area (Å²) in [5, 5.41) is 0. The molecule has 1 atom stereocenters. The van der Waals surface area contributed by atoms with Crippen molar-refractivity contribution in [2.75, 3.05) is 0 Å². The van der Waals surface area contributed by atoms with E-state index in [0.29, 0.717) is 0 Å². The molecular formula is C12H18FN. The van der Waals surface area contributed by atoms with Gasteiger partial charge in [-0.2, -0.15) is 0 Å². The standard InChI is InChI=1S/C12H18FN/c1-2-3-12(14)9-6-10-4-7-11(13)8-5-10/h4-5,7-8,12H,2-3,6,9,14H2,1H3. The van der Waals surface area contributed by atoms with E-state index in [1.165, 1.54) is 12.1 Å². The van der Waals surface area contributed by atoms with Crippen molar-refractivity contribution in [3.63, 3.8) is 0 Å². The summed E-state index contributed by atoms with van der Waals surface area (Å²) in [6.07, 6.45) is 4.13.